The summed E-state index contributed by atoms with van der Waals surface area (Å²) in [7, 11) is 0. The summed E-state index contributed by atoms with van der Waals surface area (Å²) in [6.07, 6.45) is 7.15. The SMILES string of the molecule is Cc1cnc(C(=O)NC[C@@H](c2ccco2)N2CCCC2)cn1. The fraction of sp³-hybridized carbons (Fsp3) is 0.438. The van der Waals surface area contributed by atoms with Crippen molar-refractivity contribution < 1.29 is 9.21 Å². The molecule has 1 atom stereocenters. The Labute approximate surface area is 129 Å². The van der Waals surface area contributed by atoms with Crippen molar-refractivity contribution in [2.45, 2.75) is 25.8 Å². The van der Waals surface area contributed by atoms with Crippen LogP contribution in [0.5, 0.6) is 0 Å². The number of hydrogen-bond acceptors (Lipinski definition) is 5. The number of likely N-dealkylation sites (tertiary alicyclic amines) is 1. The number of furan rings is 1. The molecule has 0 unspecified atom stereocenters. The Bertz CT molecular complexity index is 604. The highest BCUT2D eigenvalue weighted by Gasteiger charge is 2.26. The Morgan fingerprint density at radius 2 is 2.18 bits per heavy atom. The van der Waals surface area contributed by atoms with Gasteiger partial charge in [-0.1, -0.05) is 0 Å². The van der Waals surface area contributed by atoms with Crippen LogP contribution in [0.4, 0.5) is 0 Å². The second kappa shape index (κ2) is 6.70. The molecule has 1 aliphatic heterocycles. The van der Waals surface area contributed by atoms with Gasteiger partial charge in [0.25, 0.3) is 5.91 Å². The van der Waals surface area contributed by atoms with Crippen LogP contribution in [-0.2, 0) is 0 Å². The first kappa shape index (κ1) is 14.7. The zero-order valence-corrected chi connectivity index (χ0v) is 12.7. The molecule has 1 N–H and O–H groups in total. The van der Waals surface area contributed by atoms with E-state index in [1.54, 1.807) is 12.5 Å². The van der Waals surface area contributed by atoms with Crippen LogP contribution in [0.3, 0.4) is 0 Å². The lowest BCUT2D eigenvalue weighted by molar-refractivity contribution is 0.0928. The van der Waals surface area contributed by atoms with Crippen LogP contribution in [0.15, 0.2) is 35.2 Å². The second-order valence-electron chi connectivity index (χ2n) is 5.53. The third-order valence-electron chi connectivity index (χ3n) is 3.92. The predicted octanol–water partition coefficient (Wildman–Crippen LogP) is 1.94. The van der Waals surface area contributed by atoms with Crippen LogP contribution in [0.25, 0.3) is 0 Å². The van der Waals surface area contributed by atoms with Crippen LogP contribution in [0.2, 0.25) is 0 Å². The van der Waals surface area contributed by atoms with Crippen molar-refractivity contribution in [3.05, 3.63) is 47.9 Å². The van der Waals surface area contributed by atoms with Gasteiger partial charge in [0.1, 0.15) is 11.5 Å². The maximum Gasteiger partial charge on any atom is 0.271 e. The summed E-state index contributed by atoms with van der Waals surface area (Å²) in [4.78, 5) is 22.7. The number of nitrogens with one attached hydrogen (secondary N) is 1. The molecular formula is C16H20N4O2. The van der Waals surface area contributed by atoms with E-state index in [2.05, 4.69) is 20.2 Å². The summed E-state index contributed by atoms with van der Waals surface area (Å²) in [6.45, 7) is 4.41. The highest BCUT2D eigenvalue weighted by atomic mass is 16.3. The largest absolute Gasteiger partial charge is 0.468 e. The van der Waals surface area contributed by atoms with Crippen LogP contribution < -0.4 is 5.32 Å². The molecule has 0 aliphatic carbocycles. The van der Waals surface area contributed by atoms with Crippen molar-refractivity contribution in [1.29, 1.82) is 0 Å². The fourth-order valence-electron chi connectivity index (χ4n) is 2.73. The summed E-state index contributed by atoms with van der Waals surface area (Å²) >= 11 is 0. The average molecular weight is 300 g/mol. The molecule has 3 rings (SSSR count). The lowest BCUT2D eigenvalue weighted by Crippen LogP contribution is -2.36. The van der Waals surface area contributed by atoms with Crippen LogP contribution in [0, 0.1) is 6.92 Å². The molecule has 1 fully saturated rings. The zero-order valence-electron chi connectivity index (χ0n) is 12.7. The fourth-order valence-corrected chi connectivity index (χ4v) is 2.73. The maximum atomic E-state index is 12.2. The van der Waals surface area contributed by atoms with Crippen molar-refractivity contribution in [2.75, 3.05) is 19.6 Å². The molecule has 22 heavy (non-hydrogen) atoms. The second-order valence-corrected chi connectivity index (χ2v) is 5.53. The topological polar surface area (TPSA) is 71.3 Å². The van der Waals surface area contributed by atoms with Gasteiger partial charge in [0, 0.05) is 12.7 Å². The summed E-state index contributed by atoms with van der Waals surface area (Å²) in [5.74, 6) is 0.681. The minimum Gasteiger partial charge on any atom is -0.468 e. The van der Waals surface area contributed by atoms with Crippen molar-refractivity contribution in [3.63, 3.8) is 0 Å². The molecule has 116 valence electrons. The summed E-state index contributed by atoms with van der Waals surface area (Å²) in [5.41, 5.74) is 1.13. The molecule has 2 aromatic rings. The van der Waals surface area contributed by atoms with Crippen molar-refractivity contribution >= 4 is 5.91 Å². The number of rotatable bonds is 5. The lowest BCUT2D eigenvalue weighted by Gasteiger charge is -2.25. The molecule has 6 heteroatoms. The van der Waals surface area contributed by atoms with Gasteiger partial charge in [-0.3, -0.25) is 14.7 Å². The number of carbonyl (C=O) groups is 1. The molecule has 2 aromatic heterocycles. The van der Waals surface area contributed by atoms with Crippen molar-refractivity contribution in [1.82, 2.24) is 20.2 Å². The Hall–Kier alpha value is -2.21. The van der Waals surface area contributed by atoms with Gasteiger partial charge in [-0.25, -0.2) is 4.98 Å². The van der Waals surface area contributed by atoms with E-state index in [4.69, 9.17) is 4.42 Å². The molecule has 1 saturated heterocycles. The third-order valence-corrected chi connectivity index (χ3v) is 3.92. The van der Waals surface area contributed by atoms with Gasteiger partial charge in [-0.05, 0) is 45.0 Å². The number of nitrogens with zero attached hydrogens (tertiary/aromatic N) is 3. The monoisotopic (exact) mass is 300 g/mol. The van der Waals surface area contributed by atoms with E-state index in [1.165, 1.54) is 19.0 Å². The first-order valence-corrected chi connectivity index (χ1v) is 7.58. The maximum absolute atomic E-state index is 12.2. The lowest BCUT2D eigenvalue weighted by atomic mass is 10.2. The van der Waals surface area contributed by atoms with E-state index in [0.717, 1.165) is 24.5 Å². The van der Waals surface area contributed by atoms with Crippen molar-refractivity contribution in [3.8, 4) is 0 Å². The summed E-state index contributed by atoms with van der Waals surface area (Å²) in [5, 5.41) is 2.94. The Morgan fingerprint density at radius 3 is 2.82 bits per heavy atom. The molecule has 0 radical (unpaired) electrons. The molecule has 3 heterocycles. The Kier molecular flexibility index (Phi) is 4.48. The van der Waals surface area contributed by atoms with Gasteiger partial charge in [-0.15, -0.1) is 0 Å². The zero-order chi connectivity index (χ0) is 15.4. The predicted molar refractivity (Wildman–Crippen MR) is 81.4 cm³/mol. The van der Waals surface area contributed by atoms with E-state index in [1.807, 2.05) is 19.1 Å². The van der Waals surface area contributed by atoms with Gasteiger partial charge < -0.3 is 9.73 Å². The van der Waals surface area contributed by atoms with Gasteiger partial charge in [-0.2, -0.15) is 0 Å². The van der Waals surface area contributed by atoms with E-state index >= 15 is 0 Å². The number of hydrogen-bond donors (Lipinski definition) is 1. The van der Waals surface area contributed by atoms with E-state index in [9.17, 15) is 4.79 Å². The molecular weight excluding hydrogens is 280 g/mol. The minimum atomic E-state index is -0.205. The normalized spacial score (nSPS) is 16.6. The minimum absolute atomic E-state index is 0.0693. The molecule has 1 amide bonds. The average Bonchev–Trinajstić information content (AvgIpc) is 3.22. The molecule has 0 bridgehead atoms. The summed E-state index contributed by atoms with van der Waals surface area (Å²) < 4.78 is 5.54. The van der Waals surface area contributed by atoms with Gasteiger partial charge in [0.15, 0.2) is 0 Å². The standard InChI is InChI=1S/C16H20N4O2/c1-12-9-18-13(10-17-12)16(21)19-11-14(15-5-4-8-22-15)20-6-2-3-7-20/h4-5,8-10,14H,2-3,6-7,11H2,1H3,(H,19,21)/t14-/m0/s1. The van der Waals surface area contributed by atoms with E-state index in [0.29, 0.717) is 12.2 Å². The molecule has 0 saturated carbocycles. The Morgan fingerprint density at radius 1 is 1.36 bits per heavy atom. The van der Waals surface area contributed by atoms with Crippen LogP contribution >= 0.6 is 0 Å². The Balaban J connectivity index is 1.66. The van der Waals surface area contributed by atoms with Gasteiger partial charge in [0.05, 0.1) is 24.2 Å². The van der Waals surface area contributed by atoms with Crippen molar-refractivity contribution in [2.24, 2.45) is 0 Å². The molecule has 6 nitrogen and oxygen atoms in total. The van der Waals surface area contributed by atoms with E-state index in [-0.39, 0.29) is 11.9 Å². The quantitative estimate of drug-likeness (QED) is 0.913. The number of aryl methyl sites for hydroxylation is 1. The first-order valence-electron chi connectivity index (χ1n) is 7.58. The summed E-state index contributed by atoms with van der Waals surface area (Å²) in [6, 6.07) is 3.91. The number of carbonyl (C=O) groups excluding carboxylic acids is 1. The highest BCUT2D eigenvalue weighted by molar-refractivity contribution is 5.91. The van der Waals surface area contributed by atoms with Crippen LogP contribution in [0.1, 0.15) is 40.8 Å². The van der Waals surface area contributed by atoms with E-state index < -0.39 is 0 Å². The number of aromatic nitrogens is 2. The molecule has 1 aliphatic rings. The molecule has 0 aromatic carbocycles. The first-order chi connectivity index (χ1) is 10.7. The third kappa shape index (κ3) is 3.33. The highest BCUT2D eigenvalue weighted by Crippen LogP contribution is 2.24. The van der Waals surface area contributed by atoms with Gasteiger partial charge in [0.2, 0.25) is 0 Å². The van der Waals surface area contributed by atoms with Gasteiger partial charge >= 0.3 is 0 Å². The molecule has 0 spiro atoms. The number of amides is 1. The van der Waals surface area contributed by atoms with Crippen LogP contribution in [-0.4, -0.2) is 40.4 Å². The smallest absolute Gasteiger partial charge is 0.271 e.